The minimum atomic E-state index is -0.152. The third-order valence-corrected chi connectivity index (χ3v) is 3.90. The van der Waals surface area contributed by atoms with E-state index in [1.54, 1.807) is 36.8 Å². The highest BCUT2D eigenvalue weighted by molar-refractivity contribution is 6.34. The highest BCUT2D eigenvalue weighted by Crippen LogP contribution is 2.21. The van der Waals surface area contributed by atoms with Crippen LogP contribution in [0.3, 0.4) is 0 Å². The smallest absolute Gasteiger partial charge is 0.273 e. The number of aromatic nitrogens is 4. The molecular weight excluding hydrogens is 278 g/mol. The van der Waals surface area contributed by atoms with Crippen LogP contribution in [-0.2, 0) is 20.6 Å². The maximum absolute atomic E-state index is 12.5. The molecule has 7 heteroatoms. The van der Waals surface area contributed by atoms with E-state index in [4.69, 9.17) is 11.6 Å². The Hall–Kier alpha value is -1.82. The van der Waals surface area contributed by atoms with E-state index in [0.29, 0.717) is 23.0 Å². The standard InChI is InChI=1S/C13H18ClN5O/c1-8-11(14)12(19(5)16-8)13(20)17(3)7-10-6-15-18(4)9(10)2/h6H,7H2,1-5H3. The van der Waals surface area contributed by atoms with Crippen molar-refractivity contribution in [2.75, 3.05) is 7.05 Å². The van der Waals surface area contributed by atoms with Gasteiger partial charge < -0.3 is 4.90 Å². The van der Waals surface area contributed by atoms with Gasteiger partial charge >= 0.3 is 0 Å². The zero-order valence-corrected chi connectivity index (χ0v) is 13.1. The maximum Gasteiger partial charge on any atom is 0.273 e. The maximum atomic E-state index is 12.5. The molecule has 1 amide bonds. The van der Waals surface area contributed by atoms with Crippen LogP contribution in [0.4, 0.5) is 0 Å². The molecule has 2 heterocycles. The van der Waals surface area contributed by atoms with E-state index in [9.17, 15) is 4.79 Å². The van der Waals surface area contributed by atoms with E-state index >= 15 is 0 Å². The molecule has 0 saturated carbocycles. The van der Waals surface area contributed by atoms with E-state index < -0.39 is 0 Å². The first-order valence-corrected chi connectivity index (χ1v) is 6.62. The number of carbonyl (C=O) groups excluding carboxylic acids is 1. The summed E-state index contributed by atoms with van der Waals surface area (Å²) >= 11 is 6.14. The number of rotatable bonds is 3. The topological polar surface area (TPSA) is 56.0 Å². The molecule has 0 aromatic carbocycles. The number of aryl methyl sites for hydroxylation is 3. The van der Waals surface area contributed by atoms with Gasteiger partial charge in [0.2, 0.25) is 0 Å². The van der Waals surface area contributed by atoms with Crippen molar-refractivity contribution in [3.05, 3.63) is 33.9 Å². The van der Waals surface area contributed by atoms with E-state index in [2.05, 4.69) is 10.2 Å². The Morgan fingerprint density at radius 1 is 1.35 bits per heavy atom. The van der Waals surface area contributed by atoms with Crippen molar-refractivity contribution in [1.29, 1.82) is 0 Å². The van der Waals surface area contributed by atoms with Crippen LogP contribution in [0.2, 0.25) is 5.02 Å². The van der Waals surface area contributed by atoms with Gasteiger partial charge in [0.25, 0.3) is 5.91 Å². The summed E-state index contributed by atoms with van der Waals surface area (Å²) in [5.74, 6) is -0.152. The van der Waals surface area contributed by atoms with Crippen molar-refractivity contribution >= 4 is 17.5 Å². The second-order valence-electron chi connectivity index (χ2n) is 4.91. The molecule has 0 radical (unpaired) electrons. The fourth-order valence-corrected chi connectivity index (χ4v) is 2.31. The number of amides is 1. The molecule has 0 saturated heterocycles. The lowest BCUT2D eigenvalue weighted by Crippen LogP contribution is -2.28. The number of halogens is 1. The molecule has 0 spiro atoms. The normalized spacial score (nSPS) is 10.9. The van der Waals surface area contributed by atoms with Crippen LogP contribution in [0.5, 0.6) is 0 Å². The van der Waals surface area contributed by atoms with Crippen molar-refractivity contribution in [3.63, 3.8) is 0 Å². The first-order valence-electron chi connectivity index (χ1n) is 6.25. The molecule has 0 aliphatic carbocycles. The Labute approximate surface area is 122 Å². The fourth-order valence-electron chi connectivity index (χ4n) is 2.07. The molecule has 0 atom stereocenters. The Bertz CT molecular complexity index is 658. The summed E-state index contributed by atoms with van der Waals surface area (Å²) in [7, 11) is 5.34. The summed E-state index contributed by atoms with van der Waals surface area (Å²) < 4.78 is 3.31. The zero-order valence-electron chi connectivity index (χ0n) is 12.3. The van der Waals surface area contributed by atoms with Crippen LogP contribution < -0.4 is 0 Å². The third kappa shape index (κ3) is 2.43. The van der Waals surface area contributed by atoms with Gasteiger partial charge in [0.15, 0.2) is 0 Å². The summed E-state index contributed by atoms with van der Waals surface area (Å²) in [5, 5.41) is 8.75. The number of hydrogen-bond acceptors (Lipinski definition) is 3. The quantitative estimate of drug-likeness (QED) is 0.866. The number of hydrogen-bond donors (Lipinski definition) is 0. The molecule has 0 aliphatic heterocycles. The lowest BCUT2D eigenvalue weighted by atomic mass is 10.2. The molecule has 0 aliphatic rings. The molecule has 0 bridgehead atoms. The minimum absolute atomic E-state index is 0.152. The van der Waals surface area contributed by atoms with Crippen molar-refractivity contribution in [3.8, 4) is 0 Å². The Morgan fingerprint density at radius 2 is 2.00 bits per heavy atom. The van der Waals surface area contributed by atoms with Gasteiger partial charge in [-0.15, -0.1) is 0 Å². The number of nitrogens with zero attached hydrogens (tertiary/aromatic N) is 5. The van der Waals surface area contributed by atoms with Gasteiger partial charge in [-0.25, -0.2) is 0 Å². The predicted octanol–water partition coefficient (Wildman–Crippen LogP) is 1.70. The van der Waals surface area contributed by atoms with Gasteiger partial charge in [-0.3, -0.25) is 14.2 Å². The van der Waals surface area contributed by atoms with Crippen molar-refractivity contribution < 1.29 is 4.79 Å². The van der Waals surface area contributed by atoms with Crippen LogP contribution in [0.15, 0.2) is 6.20 Å². The van der Waals surface area contributed by atoms with Gasteiger partial charge in [0.05, 0.1) is 16.9 Å². The minimum Gasteiger partial charge on any atom is -0.336 e. The van der Waals surface area contributed by atoms with Gasteiger partial charge in [-0.2, -0.15) is 10.2 Å². The van der Waals surface area contributed by atoms with Crippen LogP contribution >= 0.6 is 11.6 Å². The molecule has 2 aromatic rings. The van der Waals surface area contributed by atoms with Gasteiger partial charge in [-0.1, -0.05) is 11.6 Å². The third-order valence-electron chi connectivity index (χ3n) is 3.44. The first kappa shape index (κ1) is 14.6. The SMILES string of the molecule is Cc1nn(C)c(C(=O)N(C)Cc2cnn(C)c2C)c1Cl. The van der Waals surface area contributed by atoms with Crippen LogP contribution in [0.1, 0.15) is 27.4 Å². The van der Waals surface area contributed by atoms with Gasteiger partial charge in [0, 0.05) is 38.9 Å². The average Bonchev–Trinajstić information content (AvgIpc) is 2.82. The molecule has 2 rings (SSSR count). The summed E-state index contributed by atoms with van der Waals surface area (Å²) in [4.78, 5) is 14.1. The Balaban J connectivity index is 2.23. The van der Waals surface area contributed by atoms with Gasteiger partial charge in [0.1, 0.15) is 5.69 Å². The number of carbonyl (C=O) groups is 1. The van der Waals surface area contributed by atoms with E-state index in [0.717, 1.165) is 11.3 Å². The van der Waals surface area contributed by atoms with Gasteiger partial charge in [-0.05, 0) is 13.8 Å². The van der Waals surface area contributed by atoms with Crippen molar-refractivity contribution in [2.24, 2.45) is 14.1 Å². The monoisotopic (exact) mass is 295 g/mol. The molecular formula is C13H18ClN5O. The molecule has 108 valence electrons. The lowest BCUT2D eigenvalue weighted by molar-refractivity contribution is 0.0774. The summed E-state index contributed by atoms with van der Waals surface area (Å²) in [6.07, 6.45) is 1.77. The largest absolute Gasteiger partial charge is 0.336 e. The summed E-state index contributed by atoms with van der Waals surface area (Å²) in [5.41, 5.74) is 3.12. The second kappa shape index (κ2) is 5.28. The zero-order chi connectivity index (χ0) is 15.0. The Morgan fingerprint density at radius 3 is 2.45 bits per heavy atom. The Kier molecular flexibility index (Phi) is 3.85. The molecule has 0 unspecified atom stereocenters. The molecule has 0 fully saturated rings. The van der Waals surface area contributed by atoms with Crippen LogP contribution in [0.25, 0.3) is 0 Å². The predicted molar refractivity (Wildman–Crippen MR) is 76.7 cm³/mol. The molecule has 20 heavy (non-hydrogen) atoms. The van der Waals surface area contributed by atoms with Crippen molar-refractivity contribution in [1.82, 2.24) is 24.5 Å². The highest BCUT2D eigenvalue weighted by atomic mass is 35.5. The average molecular weight is 296 g/mol. The van der Waals surface area contributed by atoms with E-state index in [-0.39, 0.29) is 5.91 Å². The lowest BCUT2D eigenvalue weighted by Gasteiger charge is -2.17. The van der Waals surface area contributed by atoms with Crippen molar-refractivity contribution in [2.45, 2.75) is 20.4 Å². The summed E-state index contributed by atoms with van der Waals surface area (Å²) in [6, 6.07) is 0. The van der Waals surface area contributed by atoms with E-state index in [1.165, 1.54) is 4.68 Å². The molecule has 2 aromatic heterocycles. The van der Waals surface area contributed by atoms with Crippen LogP contribution in [0, 0.1) is 13.8 Å². The highest BCUT2D eigenvalue weighted by Gasteiger charge is 2.22. The van der Waals surface area contributed by atoms with E-state index in [1.807, 2.05) is 14.0 Å². The summed E-state index contributed by atoms with van der Waals surface area (Å²) in [6.45, 7) is 4.24. The first-order chi connectivity index (χ1) is 9.32. The fraction of sp³-hybridized carbons (Fsp3) is 0.462. The second-order valence-corrected chi connectivity index (χ2v) is 5.29. The molecule has 0 N–H and O–H groups in total. The van der Waals surface area contributed by atoms with Crippen LogP contribution in [-0.4, -0.2) is 37.4 Å². The molecule has 6 nitrogen and oxygen atoms in total.